The van der Waals surface area contributed by atoms with Gasteiger partial charge >= 0.3 is 6.02 Å². The van der Waals surface area contributed by atoms with Gasteiger partial charge in [-0.05, 0) is 63.3 Å². The maximum atomic E-state index is 12.4. The van der Waals surface area contributed by atoms with Gasteiger partial charge in [0, 0.05) is 58.1 Å². The molecule has 1 aromatic heterocycles. The Labute approximate surface area is 264 Å². The van der Waals surface area contributed by atoms with Crippen LogP contribution in [0, 0.1) is 10.8 Å². The summed E-state index contributed by atoms with van der Waals surface area (Å²) in [6.07, 6.45) is 3.35. The van der Waals surface area contributed by atoms with Gasteiger partial charge in [0.25, 0.3) is 0 Å². The number of amides is 1. The third kappa shape index (κ3) is 8.59. The summed E-state index contributed by atoms with van der Waals surface area (Å²) in [6, 6.07) is 9.11. The number of hydrogen-bond donors (Lipinski definition) is 3. The molecule has 1 aromatic carbocycles. The van der Waals surface area contributed by atoms with E-state index in [4.69, 9.17) is 30.9 Å². The molecular formula is C31H46N10O4. The summed E-state index contributed by atoms with van der Waals surface area (Å²) in [5.74, 6) is 8.07. The van der Waals surface area contributed by atoms with Crippen LogP contribution in [0.15, 0.2) is 40.4 Å². The molecule has 4 rings (SSSR count). The lowest BCUT2D eigenvalue weighted by atomic mass is 9.88. The topological polar surface area (TPSA) is 171 Å². The Bertz CT molecular complexity index is 1450. The number of anilines is 1. The van der Waals surface area contributed by atoms with Gasteiger partial charge in [-0.2, -0.15) is 9.78 Å². The zero-order valence-electron chi connectivity index (χ0n) is 26.9. The molecule has 0 saturated carbocycles. The van der Waals surface area contributed by atoms with Gasteiger partial charge in [-0.3, -0.25) is 20.1 Å². The Kier molecular flexibility index (Phi) is 11.5. The van der Waals surface area contributed by atoms with Gasteiger partial charge in [0.15, 0.2) is 5.49 Å². The third-order valence-corrected chi connectivity index (χ3v) is 8.16. The highest BCUT2D eigenvalue weighted by molar-refractivity contribution is 6.31. The first-order valence-electron chi connectivity index (χ1n) is 15.3. The van der Waals surface area contributed by atoms with Crippen molar-refractivity contribution in [2.24, 2.45) is 15.9 Å². The van der Waals surface area contributed by atoms with Crippen LogP contribution in [0.3, 0.4) is 0 Å². The molecule has 14 nitrogen and oxygen atoms in total. The molecule has 1 amide bonds. The average molecular weight is 623 g/mol. The van der Waals surface area contributed by atoms with E-state index in [1.165, 1.54) is 11.8 Å². The van der Waals surface area contributed by atoms with E-state index in [9.17, 15) is 4.79 Å². The van der Waals surface area contributed by atoms with Crippen molar-refractivity contribution in [3.05, 3.63) is 41.4 Å². The molecule has 4 N–H and O–H groups in total. The molecule has 2 aromatic rings. The second-order valence-corrected chi connectivity index (χ2v) is 11.6. The fourth-order valence-corrected chi connectivity index (χ4v) is 5.45. The first-order chi connectivity index (χ1) is 21.6. The smallest absolute Gasteiger partial charge is 0.311 e. The Balaban J connectivity index is 1.47. The van der Waals surface area contributed by atoms with Crippen LogP contribution in [0.25, 0.3) is 0 Å². The molecule has 2 saturated heterocycles. The number of nitrogens with one attached hydrogen (secondary N) is 2. The van der Waals surface area contributed by atoms with Gasteiger partial charge < -0.3 is 29.9 Å². The van der Waals surface area contributed by atoms with Crippen molar-refractivity contribution in [3.63, 3.8) is 0 Å². The van der Waals surface area contributed by atoms with Crippen LogP contribution in [0.5, 0.6) is 11.5 Å². The predicted molar refractivity (Wildman–Crippen MR) is 174 cm³/mol. The zero-order valence-corrected chi connectivity index (χ0v) is 26.9. The number of hydrogen-bond acceptors (Lipinski definition) is 12. The van der Waals surface area contributed by atoms with E-state index in [0.717, 1.165) is 38.0 Å². The first-order valence-corrected chi connectivity index (χ1v) is 15.3. The lowest BCUT2D eigenvalue weighted by molar-refractivity contribution is -0.139. The second-order valence-electron chi connectivity index (χ2n) is 11.6. The zero-order chi connectivity index (χ0) is 32.5. The second kappa shape index (κ2) is 15.5. The number of benzene rings is 1. The number of carbonyl (C=O) groups is 1. The van der Waals surface area contributed by atoms with Crippen molar-refractivity contribution in [1.29, 1.82) is 10.8 Å². The highest BCUT2D eigenvalue weighted by Crippen LogP contribution is 2.37. The molecule has 3 heterocycles. The van der Waals surface area contributed by atoms with Gasteiger partial charge in [0.1, 0.15) is 36.2 Å². The molecule has 1 atom stereocenters. The van der Waals surface area contributed by atoms with Crippen molar-refractivity contribution < 1.29 is 19.0 Å². The fourth-order valence-electron chi connectivity index (χ4n) is 5.45. The number of piperidine rings is 1. The van der Waals surface area contributed by atoms with Gasteiger partial charge in [-0.15, -0.1) is 5.10 Å². The van der Waals surface area contributed by atoms with Crippen LogP contribution in [0.4, 0.5) is 5.82 Å². The van der Waals surface area contributed by atoms with Crippen molar-refractivity contribution in [1.82, 2.24) is 19.6 Å². The van der Waals surface area contributed by atoms with Crippen LogP contribution < -0.4 is 25.7 Å². The summed E-state index contributed by atoms with van der Waals surface area (Å²) < 4.78 is 18.6. The summed E-state index contributed by atoms with van der Waals surface area (Å²) in [5, 5.41) is 24.3. The third-order valence-electron chi connectivity index (χ3n) is 8.16. The number of hydrazone groups is 1. The number of piperazine rings is 1. The maximum Gasteiger partial charge on any atom is 0.311 e. The van der Waals surface area contributed by atoms with E-state index in [1.807, 2.05) is 40.0 Å². The number of ether oxygens (including phenoxy) is 3. The average Bonchev–Trinajstić information content (AvgIpc) is 3.04. The number of nitrogens with zero attached hydrogens (tertiary/aromatic N) is 7. The van der Waals surface area contributed by atoms with Crippen molar-refractivity contribution >= 4 is 29.7 Å². The monoisotopic (exact) mass is 622 g/mol. The molecule has 0 aliphatic carbocycles. The number of rotatable bonds is 11. The number of aromatic nitrogens is 2. The van der Waals surface area contributed by atoms with E-state index >= 15 is 0 Å². The van der Waals surface area contributed by atoms with Crippen LogP contribution in [0.2, 0.25) is 0 Å². The number of aliphatic imine (C=N–C) groups is 1. The van der Waals surface area contributed by atoms with E-state index in [2.05, 4.69) is 31.1 Å². The summed E-state index contributed by atoms with van der Waals surface area (Å²) in [4.78, 5) is 22.8. The number of likely N-dealkylation sites (N-methyl/N-ethyl adjacent to an activating group) is 1. The molecular weight excluding hydrogens is 576 g/mol. The van der Waals surface area contributed by atoms with E-state index in [0.29, 0.717) is 42.7 Å². The molecule has 45 heavy (non-hydrogen) atoms. The Morgan fingerprint density at radius 2 is 1.91 bits per heavy atom. The molecule has 2 aliphatic rings. The van der Waals surface area contributed by atoms with Crippen molar-refractivity contribution in [3.8, 4) is 11.5 Å². The Morgan fingerprint density at radius 1 is 1.16 bits per heavy atom. The molecule has 14 heteroatoms. The van der Waals surface area contributed by atoms with Gasteiger partial charge in [0.2, 0.25) is 5.91 Å². The molecule has 1 unspecified atom stereocenters. The molecule has 244 valence electrons. The van der Waals surface area contributed by atoms with Crippen molar-refractivity contribution in [2.75, 3.05) is 65.0 Å². The fraction of sp³-hybridized carbons (Fsp3) is 0.548. The van der Waals surface area contributed by atoms with Gasteiger partial charge in [0.05, 0.1) is 13.2 Å². The number of methoxy groups -OCH3 is 1. The van der Waals surface area contributed by atoms with Crippen LogP contribution >= 0.6 is 0 Å². The minimum atomic E-state index is -0.203. The van der Waals surface area contributed by atoms with E-state index < -0.39 is 0 Å². The maximum absolute atomic E-state index is 12.4. The van der Waals surface area contributed by atoms with E-state index in [-0.39, 0.29) is 42.0 Å². The van der Waals surface area contributed by atoms with Gasteiger partial charge in [-0.25, -0.2) is 5.41 Å². The quantitative estimate of drug-likeness (QED) is 0.148. The summed E-state index contributed by atoms with van der Waals surface area (Å²) >= 11 is 0. The molecule has 2 aliphatic heterocycles. The molecule has 2 fully saturated rings. The van der Waals surface area contributed by atoms with Gasteiger partial charge in [-0.1, -0.05) is 6.07 Å². The minimum absolute atomic E-state index is 0.0787. The predicted octanol–water partition coefficient (Wildman–Crippen LogP) is 1.89. The first kappa shape index (κ1) is 33.4. The highest BCUT2D eigenvalue weighted by atomic mass is 16.5. The highest BCUT2D eigenvalue weighted by Gasteiger charge is 2.29. The SMILES string of the molecule is COC(=N)n1nc(N2CCC(c3ccc(OCCN4CCN(C)C(=O)C4C)cc3OC/C(C=NC(C)C)=N/N)CC2)ccc1=N. The van der Waals surface area contributed by atoms with Crippen LogP contribution in [-0.4, -0.2) is 116 Å². The van der Waals surface area contributed by atoms with Crippen molar-refractivity contribution in [2.45, 2.75) is 51.6 Å². The Morgan fingerprint density at radius 3 is 2.60 bits per heavy atom. The van der Waals surface area contributed by atoms with Crippen LogP contribution in [0.1, 0.15) is 45.1 Å². The summed E-state index contributed by atoms with van der Waals surface area (Å²) in [5.41, 5.74) is 1.68. The normalized spacial score (nSPS) is 18.6. The number of carbonyl (C=O) groups excluding carboxylic acids is 1. The molecule has 0 spiro atoms. The minimum Gasteiger partial charge on any atom is -0.492 e. The van der Waals surface area contributed by atoms with Crippen LogP contribution in [-0.2, 0) is 9.53 Å². The largest absolute Gasteiger partial charge is 0.492 e. The molecule has 0 bridgehead atoms. The lowest BCUT2D eigenvalue weighted by Gasteiger charge is -2.37. The van der Waals surface area contributed by atoms with E-state index in [1.54, 1.807) is 23.2 Å². The summed E-state index contributed by atoms with van der Waals surface area (Å²) in [6.45, 7) is 10.2. The standard InChI is InChI=1S/C31H46N10O4/c1-21(2)35-19-24(36-34)20-45-27-18-25(44-17-16-39-15-14-38(4)30(42)22(39)3)6-7-26(27)23-10-12-40(13-11-23)29-9-8-28(32)41(37-29)31(33)43-5/h6-9,18-19,21-23,32-33H,10-17,20,34H2,1-5H3/b32-28?,33-31?,35-19?,36-24+. The lowest BCUT2D eigenvalue weighted by Crippen LogP contribution is -2.55. The molecule has 0 radical (unpaired) electrons. The number of nitrogens with two attached hydrogens (primary N) is 1. The summed E-state index contributed by atoms with van der Waals surface area (Å²) in [7, 11) is 3.23. The Hall–Kier alpha value is -4.46.